The zero-order valence-electron chi connectivity index (χ0n) is 23.1. The molecule has 0 unspecified atom stereocenters. The van der Waals surface area contributed by atoms with Gasteiger partial charge in [0.2, 0.25) is 17.6 Å². The predicted molar refractivity (Wildman–Crippen MR) is 156 cm³/mol. The Bertz CT molecular complexity index is 1790. The number of rotatable bonds is 8. The van der Waals surface area contributed by atoms with Crippen molar-refractivity contribution >= 4 is 29.1 Å². The lowest BCUT2D eigenvalue weighted by Crippen LogP contribution is -2.71. The van der Waals surface area contributed by atoms with Crippen molar-refractivity contribution in [1.82, 2.24) is 5.32 Å². The number of phenolic OH excluding ortho intramolecular Hbond substituents is 3. The summed E-state index contributed by atoms with van der Waals surface area (Å²) in [5, 5.41) is 74.8. The molecule has 0 spiro atoms. The van der Waals surface area contributed by atoms with Gasteiger partial charge in [-0.15, -0.1) is 0 Å². The van der Waals surface area contributed by atoms with E-state index >= 15 is 0 Å². The molecule has 2 heterocycles. The number of fused-ring (bicyclic) bond motifs is 1. The summed E-state index contributed by atoms with van der Waals surface area (Å²) >= 11 is 0. The normalized spacial score (nSPS) is 23.6. The first-order valence-electron chi connectivity index (χ1n) is 13.3. The van der Waals surface area contributed by atoms with Crippen LogP contribution in [0.15, 0.2) is 69.9 Å². The lowest BCUT2D eigenvalue weighted by molar-refractivity contribution is -0.305. The van der Waals surface area contributed by atoms with Gasteiger partial charge >= 0.3 is 5.97 Å². The minimum atomic E-state index is -2.46. The minimum Gasteiger partial charge on any atom is -0.508 e. The number of likely N-dealkylation sites (N-methyl/N-ethyl adjacent to an activating group) is 1. The van der Waals surface area contributed by atoms with Crippen LogP contribution in [0.25, 0.3) is 34.4 Å². The smallest absolute Gasteiger partial charge is 0.340 e. The van der Waals surface area contributed by atoms with E-state index < -0.39 is 70.8 Å². The third kappa shape index (κ3) is 5.45. The van der Waals surface area contributed by atoms with Crippen molar-refractivity contribution in [1.29, 1.82) is 0 Å². The Morgan fingerprint density at radius 1 is 0.977 bits per heavy atom. The van der Waals surface area contributed by atoms with E-state index in [1.807, 2.05) is 30.3 Å². The number of nitrogens with one attached hydrogen (secondary N) is 1. The van der Waals surface area contributed by atoms with Crippen LogP contribution in [-0.4, -0.2) is 85.5 Å². The summed E-state index contributed by atoms with van der Waals surface area (Å²) in [5.74, 6) is -4.18. The SMILES string of the molecule is CNC[C@@]1(C(=O)O)O[C@@H](Oc2cc3oc(-c4ccc(O)cc4C=Cc4ccccc4)cc(=O)c3c(O)c2O)[C@H](O)[C@@H](O)[C@@H]1O. The molecule has 0 radical (unpaired) electrons. The molecule has 44 heavy (non-hydrogen) atoms. The summed E-state index contributed by atoms with van der Waals surface area (Å²) < 4.78 is 16.9. The van der Waals surface area contributed by atoms with Gasteiger partial charge in [-0.25, -0.2) is 4.79 Å². The van der Waals surface area contributed by atoms with Crippen molar-refractivity contribution in [2.75, 3.05) is 13.6 Å². The standard InChI is InChI=1S/C31H29NO12/c1-32-14-31(30(40)41)28(39)26(37)27(38)29(44-31)43-22-13-21-23(25(36)24(22)35)19(34)12-20(42-21)18-10-9-17(33)11-16(18)8-7-15-5-3-2-4-6-15/h2-13,26-29,32-33,35-39H,14H2,1H3,(H,40,41)/t26-,27-,28+,29-,31-/m1/s1. The van der Waals surface area contributed by atoms with Gasteiger partial charge in [0.05, 0.1) is 0 Å². The molecule has 1 aliphatic rings. The van der Waals surface area contributed by atoms with Gasteiger partial charge in [-0.2, -0.15) is 0 Å². The highest BCUT2D eigenvalue weighted by atomic mass is 16.7. The maximum Gasteiger partial charge on any atom is 0.340 e. The van der Waals surface area contributed by atoms with E-state index in [1.54, 1.807) is 12.2 Å². The number of carboxylic acids is 1. The number of carboxylic acid groups (broad SMARTS) is 1. The molecule has 0 amide bonds. The zero-order chi connectivity index (χ0) is 31.8. The van der Waals surface area contributed by atoms with Crippen LogP contribution >= 0.6 is 0 Å². The van der Waals surface area contributed by atoms with Gasteiger partial charge in [0, 0.05) is 24.2 Å². The molecule has 1 fully saturated rings. The molecule has 1 saturated heterocycles. The van der Waals surface area contributed by atoms with Crippen LogP contribution in [0.5, 0.6) is 23.0 Å². The largest absolute Gasteiger partial charge is 0.508 e. The summed E-state index contributed by atoms with van der Waals surface area (Å²) in [6, 6.07) is 15.8. The first-order valence-corrected chi connectivity index (χ1v) is 13.3. The predicted octanol–water partition coefficient (Wildman–Crippen LogP) is 1.61. The van der Waals surface area contributed by atoms with Crippen molar-refractivity contribution < 1.29 is 54.4 Å². The Kier molecular flexibility index (Phi) is 8.32. The fraction of sp³-hybridized carbons (Fsp3) is 0.226. The zero-order valence-corrected chi connectivity index (χ0v) is 23.1. The summed E-state index contributed by atoms with van der Waals surface area (Å²) in [6.07, 6.45) is -4.59. The van der Waals surface area contributed by atoms with Crippen LogP contribution in [0, 0.1) is 0 Å². The summed E-state index contributed by atoms with van der Waals surface area (Å²) in [6.45, 7) is -0.506. The highest BCUT2D eigenvalue weighted by molar-refractivity contribution is 5.90. The Hall–Kier alpha value is -4.92. The molecule has 0 aliphatic carbocycles. The molecule has 230 valence electrons. The molecule has 13 nitrogen and oxygen atoms in total. The van der Waals surface area contributed by atoms with Gasteiger partial charge in [0.15, 0.2) is 16.9 Å². The second-order valence-corrected chi connectivity index (χ2v) is 10.2. The Balaban J connectivity index is 1.57. The van der Waals surface area contributed by atoms with Crippen molar-refractivity contribution in [3.8, 4) is 34.3 Å². The van der Waals surface area contributed by atoms with Gasteiger partial charge in [-0.1, -0.05) is 42.5 Å². The van der Waals surface area contributed by atoms with Gasteiger partial charge in [-0.05, 0) is 36.4 Å². The number of aliphatic carboxylic acids is 1. The van der Waals surface area contributed by atoms with E-state index in [-0.39, 0.29) is 17.1 Å². The van der Waals surface area contributed by atoms with Crippen molar-refractivity contribution in [2.24, 2.45) is 0 Å². The summed E-state index contributed by atoms with van der Waals surface area (Å²) in [5.41, 5.74) is -1.72. The Morgan fingerprint density at radius 3 is 2.39 bits per heavy atom. The average molecular weight is 608 g/mol. The first kappa shape index (κ1) is 30.5. The Morgan fingerprint density at radius 2 is 1.70 bits per heavy atom. The Labute approximate surface area is 249 Å². The summed E-state index contributed by atoms with van der Waals surface area (Å²) in [4.78, 5) is 25.2. The number of aromatic hydroxyl groups is 3. The highest BCUT2D eigenvalue weighted by Crippen LogP contribution is 2.43. The molecule has 1 aromatic heterocycles. The van der Waals surface area contributed by atoms with E-state index in [0.29, 0.717) is 11.1 Å². The van der Waals surface area contributed by atoms with Gasteiger partial charge < -0.3 is 55.0 Å². The summed E-state index contributed by atoms with van der Waals surface area (Å²) in [7, 11) is 1.37. The van der Waals surface area contributed by atoms with Crippen molar-refractivity contribution in [3.63, 3.8) is 0 Å². The van der Waals surface area contributed by atoms with E-state index in [1.165, 1.54) is 25.2 Å². The topological polar surface area (TPSA) is 219 Å². The molecule has 5 atom stereocenters. The van der Waals surface area contributed by atoms with Crippen LogP contribution in [0.4, 0.5) is 0 Å². The lowest BCUT2D eigenvalue weighted by atomic mass is 9.86. The molecule has 0 bridgehead atoms. The third-order valence-corrected chi connectivity index (χ3v) is 7.29. The fourth-order valence-corrected chi connectivity index (χ4v) is 5.00. The monoisotopic (exact) mass is 607 g/mol. The number of hydrogen-bond donors (Lipinski definition) is 8. The molecular formula is C31H29NO12. The number of benzene rings is 3. The first-order chi connectivity index (χ1) is 21.0. The molecule has 13 heteroatoms. The maximum absolute atomic E-state index is 13.1. The molecule has 0 saturated carbocycles. The van der Waals surface area contributed by atoms with Crippen molar-refractivity contribution in [2.45, 2.75) is 30.2 Å². The van der Waals surface area contributed by atoms with Gasteiger partial charge in [-0.3, -0.25) is 4.79 Å². The molecule has 8 N–H and O–H groups in total. The number of aliphatic hydroxyl groups excluding tert-OH is 3. The number of carbonyl (C=O) groups is 1. The molecular weight excluding hydrogens is 578 g/mol. The van der Waals surface area contributed by atoms with Crippen LogP contribution in [0.3, 0.4) is 0 Å². The second-order valence-electron chi connectivity index (χ2n) is 10.2. The van der Waals surface area contributed by atoms with Crippen LogP contribution in [-0.2, 0) is 9.53 Å². The molecule has 5 rings (SSSR count). The van der Waals surface area contributed by atoms with Gasteiger partial charge in [0.25, 0.3) is 0 Å². The van der Waals surface area contributed by atoms with Crippen molar-refractivity contribution in [3.05, 3.63) is 82.0 Å². The molecule has 1 aliphatic heterocycles. The number of phenols is 3. The second kappa shape index (κ2) is 12.0. The number of hydrogen-bond acceptors (Lipinski definition) is 12. The maximum atomic E-state index is 13.1. The minimum absolute atomic E-state index is 0.0256. The van der Waals surface area contributed by atoms with Crippen LogP contribution in [0.2, 0.25) is 0 Å². The number of ether oxygens (including phenoxy) is 2. The highest BCUT2D eigenvalue weighted by Gasteiger charge is 2.59. The fourth-order valence-electron chi connectivity index (χ4n) is 5.00. The van der Waals surface area contributed by atoms with E-state index in [4.69, 9.17) is 13.9 Å². The lowest BCUT2D eigenvalue weighted by Gasteiger charge is -2.45. The van der Waals surface area contributed by atoms with E-state index in [2.05, 4.69) is 5.32 Å². The quantitative estimate of drug-likeness (QED) is 0.106. The number of aliphatic hydroxyl groups is 3. The van der Waals surface area contributed by atoms with E-state index in [0.717, 1.165) is 17.7 Å². The molecule has 4 aromatic rings. The average Bonchev–Trinajstić information content (AvgIpc) is 3.00. The van der Waals surface area contributed by atoms with E-state index in [9.17, 15) is 45.3 Å². The molecule has 3 aromatic carbocycles. The van der Waals surface area contributed by atoms with Crippen LogP contribution < -0.4 is 15.5 Å². The van der Waals surface area contributed by atoms with Gasteiger partial charge in [0.1, 0.15) is 40.8 Å². The van der Waals surface area contributed by atoms with Crippen LogP contribution in [0.1, 0.15) is 11.1 Å². The third-order valence-electron chi connectivity index (χ3n) is 7.29.